The van der Waals surface area contributed by atoms with Crippen molar-refractivity contribution in [1.29, 1.82) is 0 Å². The molecule has 0 N–H and O–H groups in total. The van der Waals surface area contributed by atoms with E-state index in [0.717, 1.165) is 6.04 Å². The molecular weight excluding hydrogens is 204 g/mol. The van der Waals surface area contributed by atoms with Gasteiger partial charge < -0.3 is 8.85 Å². The quantitative estimate of drug-likeness (QED) is 0.684. The Morgan fingerprint density at radius 1 is 1.00 bits per heavy atom. The van der Waals surface area contributed by atoms with Crippen LogP contribution < -0.4 is 0 Å². The smallest absolute Gasteiger partial charge is 0.365 e. The van der Waals surface area contributed by atoms with E-state index < -0.39 is 8.56 Å². The highest BCUT2D eigenvalue weighted by molar-refractivity contribution is 6.72. The van der Waals surface area contributed by atoms with Gasteiger partial charge in [0.15, 0.2) is 0 Å². The molecule has 0 unspecified atom stereocenters. The molecule has 0 aliphatic heterocycles. The largest absolute Gasteiger partial charge is 0.386 e. The highest BCUT2D eigenvalue weighted by atomic mass is 28.4. The lowest BCUT2D eigenvalue weighted by Crippen LogP contribution is -2.49. The Morgan fingerprint density at radius 3 is 1.47 bits per heavy atom. The molecule has 0 bridgehead atoms. The van der Waals surface area contributed by atoms with Crippen LogP contribution in [0.2, 0.25) is 6.04 Å². The van der Waals surface area contributed by atoms with Crippen molar-refractivity contribution in [2.24, 2.45) is 0 Å². The standard InChI is InChI=1S/C12H26O2Si/c1-9-15(10-2,13-11(3,4)5)14-12(6,7)8/h9H,1,10H2,2-8H3. The molecule has 0 radical (unpaired) electrons. The summed E-state index contributed by atoms with van der Waals surface area (Å²) >= 11 is 0. The Kier molecular flexibility index (Phi) is 4.77. The summed E-state index contributed by atoms with van der Waals surface area (Å²) < 4.78 is 12.2. The van der Waals surface area contributed by atoms with Gasteiger partial charge in [-0.15, -0.1) is 6.58 Å². The van der Waals surface area contributed by atoms with E-state index in [1.165, 1.54) is 0 Å². The van der Waals surface area contributed by atoms with Crippen molar-refractivity contribution in [1.82, 2.24) is 0 Å². The second-order valence-corrected chi connectivity index (χ2v) is 8.95. The number of hydrogen-bond acceptors (Lipinski definition) is 2. The Hall–Kier alpha value is -0.123. The van der Waals surface area contributed by atoms with Crippen molar-refractivity contribution in [3.63, 3.8) is 0 Å². The van der Waals surface area contributed by atoms with E-state index in [1.54, 1.807) is 0 Å². The van der Waals surface area contributed by atoms with Crippen LogP contribution in [0.1, 0.15) is 48.5 Å². The Bertz CT molecular complexity index is 195. The molecule has 3 heteroatoms. The van der Waals surface area contributed by atoms with Crippen LogP contribution in [0.5, 0.6) is 0 Å². The van der Waals surface area contributed by atoms with Gasteiger partial charge in [-0.1, -0.05) is 6.92 Å². The predicted molar refractivity (Wildman–Crippen MR) is 68.1 cm³/mol. The van der Waals surface area contributed by atoms with Gasteiger partial charge in [-0.3, -0.25) is 0 Å². The molecule has 0 spiro atoms. The van der Waals surface area contributed by atoms with Gasteiger partial charge in [0.2, 0.25) is 0 Å². The fourth-order valence-electron chi connectivity index (χ4n) is 1.43. The molecule has 0 aromatic heterocycles. The Labute approximate surface area is 95.9 Å². The van der Waals surface area contributed by atoms with Gasteiger partial charge in [-0.05, 0) is 53.3 Å². The third-order valence-electron chi connectivity index (χ3n) is 1.76. The summed E-state index contributed by atoms with van der Waals surface area (Å²) in [4.78, 5) is 0. The van der Waals surface area contributed by atoms with Gasteiger partial charge in [0.25, 0.3) is 0 Å². The van der Waals surface area contributed by atoms with Crippen LogP contribution in [-0.4, -0.2) is 19.8 Å². The zero-order chi connectivity index (χ0) is 12.3. The SMILES string of the molecule is C=C[Si](CC)(OC(C)(C)C)OC(C)(C)C. The fourth-order valence-corrected chi connectivity index (χ4v) is 4.29. The van der Waals surface area contributed by atoms with E-state index in [2.05, 4.69) is 55.0 Å². The molecule has 0 aromatic carbocycles. The van der Waals surface area contributed by atoms with Gasteiger partial charge in [0.05, 0.1) is 11.2 Å². The highest BCUT2D eigenvalue weighted by Crippen LogP contribution is 2.27. The first kappa shape index (κ1) is 14.9. The van der Waals surface area contributed by atoms with Gasteiger partial charge in [0.1, 0.15) is 0 Å². The van der Waals surface area contributed by atoms with Crippen LogP contribution in [0.4, 0.5) is 0 Å². The van der Waals surface area contributed by atoms with E-state index in [1.807, 2.05) is 5.70 Å². The Balaban J connectivity index is 4.82. The molecular formula is C12H26O2Si. The average Bonchev–Trinajstić information content (AvgIpc) is 1.98. The van der Waals surface area contributed by atoms with Crippen molar-refractivity contribution < 1.29 is 8.85 Å². The van der Waals surface area contributed by atoms with E-state index >= 15 is 0 Å². The van der Waals surface area contributed by atoms with Gasteiger partial charge >= 0.3 is 8.56 Å². The lowest BCUT2D eigenvalue weighted by molar-refractivity contribution is 0.0216. The third-order valence-corrected chi connectivity index (χ3v) is 5.29. The Morgan fingerprint density at radius 2 is 1.33 bits per heavy atom. The maximum Gasteiger partial charge on any atom is 0.365 e. The van der Waals surface area contributed by atoms with Crippen LogP contribution in [0, 0.1) is 0 Å². The molecule has 0 saturated carbocycles. The molecule has 0 atom stereocenters. The summed E-state index contributed by atoms with van der Waals surface area (Å²) in [7, 11) is -2.25. The lowest BCUT2D eigenvalue weighted by atomic mass is 10.2. The molecule has 0 saturated heterocycles. The van der Waals surface area contributed by atoms with Gasteiger partial charge in [-0.2, -0.15) is 0 Å². The van der Waals surface area contributed by atoms with E-state index in [0.29, 0.717) is 0 Å². The molecule has 0 fully saturated rings. The molecule has 90 valence electrons. The van der Waals surface area contributed by atoms with Crippen molar-refractivity contribution in [3.8, 4) is 0 Å². The maximum atomic E-state index is 6.10. The normalized spacial score (nSPS) is 14.1. The molecule has 0 aliphatic carbocycles. The summed E-state index contributed by atoms with van der Waals surface area (Å²) in [6.45, 7) is 18.3. The first-order valence-corrected chi connectivity index (χ1v) is 7.68. The average molecular weight is 230 g/mol. The molecule has 0 rings (SSSR count). The van der Waals surface area contributed by atoms with Gasteiger partial charge in [0, 0.05) is 0 Å². The first-order valence-electron chi connectivity index (χ1n) is 5.57. The summed E-state index contributed by atoms with van der Waals surface area (Å²) in [5.41, 5.74) is 1.53. The molecule has 0 aliphatic rings. The van der Waals surface area contributed by atoms with Gasteiger partial charge in [-0.25, -0.2) is 0 Å². The van der Waals surface area contributed by atoms with E-state index in [4.69, 9.17) is 8.85 Å². The van der Waals surface area contributed by atoms with Crippen molar-refractivity contribution >= 4 is 8.56 Å². The van der Waals surface area contributed by atoms with Crippen LogP contribution >= 0.6 is 0 Å². The minimum Gasteiger partial charge on any atom is -0.386 e. The fraction of sp³-hybridized carbons (Fsp3) is 0.833. The summed E-state index contributed by atoms with van der Waals surface area (Å²) in [6, 6.07) is 0.894. The van der Waals surface area contributed by atoms with Crippen molar-refractivity contribution in [3.05, 3.63) is 12.3 Å². The third kappa shape index (κ3) is 6.13. The summed E-state index contributed by atoms with van der Waals surface area (Å²) in [5, 5.41) is 0. The van der Waals surface area contributed by atoms with Crippen molar-refractivity contribution in [2.75, 3.05) is 0 Å². The molecule has 15 heavy (non-hydrogen) atoms. The number of rotatable bonds is 4. The monoisotopic (exact) mass is 230 g/mol. The predicted octanol–water partition coefficient (Wildman–Crippen LogP) is 3.80. The molecule has 0 aromatic rings. The second-order valence-electron chi connectivity index (χ2n) is 5.80. The highest BCUT2D eigenvalue weighted by Gasteiger charge is 2.40. The summed E-state index contributed by atoms with van der Waals surface area (Å²) in [5.74, 6) is 0. The maximum absolute atomic E-state index is 6.10. The van der Waals surface area contributed by atoms with Crippen LogP contribution in [0.25, 0.3) is 0 Å². The first-order chi connectivity index (χ1) is 6.54. The minimum atomic E-state index is -2.25. The van der Waals surface area contributed by atoms with E-state index in [-0.39, 0.29) is 11.2 Å². The zero-order valence-electron chi connectivity index (χ0n) is 11.3. The topological polar surface area (TPSA) is 18.5 Å². The lowest BCUT2D eigenvalue weighted by Gasteiger charge is -2.38. The zero-order valence-corrected chi connectivity index (χ0v) is 12.3. The van der Waals surface area contributed by atoms with Crippen LogP contribution in [0.3, 0.4) is 0 Å². The van der Waals surface area contributed by atoms with Crippen LogP contribution in [0.15, 0.2) is 12.3 Å². The molecule has 0 heterocycles. The van der Waals surface area contributed by atoms with Crippen LogP contribution in [-0.2, 0) is 8.85 Å². The number of hydrogen-bond donors (Lipinski definition) is 0. The van der Waals surface area contributed by atoms with Crippen molar-refractivity contribution in [2.45, 2.75) is 65.7 Å². The molecule has 2 nitrogen and oxygen atoms in total. The van der Waals surface area contributed by atoms with E-state index in [9.17, 15) is 0 Å². The minimum absolute atomic E-state index is 0.179. The molecule has 0 amide bonds. The summed E-state index contributed by atoms with van der Waals surface area (Å²) in [6.07, 6.45) is 0. The second kappa shape index (κ2) is 4.81.